The van der Waals surface area contributed by atoms with Crippen LogP contribution in [0, 0.1) is 5.92 Å². The molecule has 0 radical (unpaired) electrons. The molecule has 2 heterocycles. The summed E-state index contributed by atoms with van der Waals surface area (Å²) in [5, 5.41) is 3.63. The first-order valence-corrected chi connectivity index (χ1v) is 10.8. The molecule has 0 unspecified atom stereocenters. The second-order valence-corrected chi connectivity index (χ2v) is 8.09. The molecule has 0 N–H and O–H groups in total. The molecule has 1 aliphatic rings. The maximum atomic E-state index is 13.1. The van der Waals surface area contributed by atoms with Gasteiger partial charge in [0.1, 0.15) is 11.9 Å². The number of carbonyl (C=O) groups is 2. The summed E-state index contributed by atoms with van der Waals surface area (Å²) in [6.45, 7) is 1.49. The summed E-state index contributed by atoms with van der Waals surface area (Å²) in [6, 6.07) is 21.0. The number of amides is 2. The van der Waals surface area contributed by atoms with E-state index in [-0.39, 0.29) is 29.6 Å². The molecule has 0 aliphatic carbocycles. The van der Waals surface area contributed by atoms with Crippen molar-refractivity contribution in [3.05, 3.63) is 84.3 Å². The Kier molecular flexibility index (Phi) is 6.84. The highest BCUT2D eigenvalue weighted by molar-refractivity contribution is 5.91. The van der Waals surface area contributed by atoms with E-state index in [0.717, 1.165) is 11.3 Å². The van der Waals surface area contributed by atoms with Gasteiger partial charge in [-0.15, -0.1) is 0 Å². The summed E-state index contributed by atoms with van der Waals surface area (Å²) >= 11 is 0. The van der Waals surface area contributed by atoms with Crippen molar-refractivity contribution in [3.63, 3.8) is 0 Å². The molecule has 0 bridgehead atoms. The maximum absolute atomic E-state index is 13.1. The standard InChI is InChI=1S/C25H27N3O4/c1-27(17-19-8-4-2-5-9-19)24(29)16-20-18-28(25(30)23-12-14-26-32-23)15-13-22(20)31-21-10-6-3-7-11-21/h2-12,14,20,22H,13,15-18H2,1H3/t20-,22-/m0/s1. The van der Waals surface area contributed by atoms with Crippen LogP contribution in [0.15, 0.2) is 77.4 Å². The molecule has 1 saturated heterocycles. The number of carbonyl (C=O) groups excluding carboxylic acids is 2. The van der Waals surface area contributed by atoms with Crippen LogP contribution in [0.4, 0.5) is 0 Å². The first-order chi connectivity index (χ1) is 15.6. The number of nitrogens with zero attached hydrogens (tertiary/aromatic N) is 3. The lowest BCUT2D eigenvalue weighted by molar-refractivity contribution is -0.133. The minimum Gasteiger partial charge on any atom is -0.490 e. The molecule has 1 aromatic heterocycles. The van der Waals surface area contributed by atoms with Crippen LogP contribution >= 0.6 is 0 Å². The molecular weight excluding hydrogens is 406 g/mol. The molecule has 1 fully saturated rings. The predicted molar refractivity (Wildman–Crippen MR) is 119 cm³/mol. The van der Waals surface area contributed by atoms with E-state index in [0.29, 0.717) is 32.5 Å². The van der Waals surface area contributed by atoms with Gasteiger partial charge in [0.05, 0.1) is 6.20 Å². The second kappa shape index (κ2) is 10.1. The van der Waals surface area contributed by atoms with Crippen LogP contribution in [-0.2, 0) is 11.3 Å². The molecule has 2 atom stereocenters. The van der Waals surface area contributed by atoms with Gasteiger partial charge in [0.15, 0.2) is 0 Å². The summed E-state index contributed by atoms with van der Waals surface area (Å²) < 4.78 is 11.3. The highest BCUT2D eigenvalue weighted by Crippen LogP contribution is 2.27. The van der Waals surface area contributed by atoms with E-state index in [2.05, 4.69) is 5.16 Å². The Morgan fingerprint density at radius 3 is 2.50 bits per heavy atom. The summed E-state index contributed by atoms with van der Waals surface area (Å²) in [7, 11) is 1.81. The van der Waals surface area contributed by atoms with Gasteiger partial charge in [0.25, 0.3) is 5.91 Å². The first-order valence-electron chi connectivity index (χ1n) is 10.8. The molecule has 4 rings (SSSR count). The van der Waals surface area contributed by atoms with Crippen LogP contribution in [-0.4, -0.2) is 53.0 Å². The average molecular weight is 434 g/mol. The van der Waals surface area contributed by atoms with Gasteiger partial charge in [-0.25, -0.2) is 0 Å². The molecule has 32 heavy (non-hydrogen) atoms. The first kappa shape index (κ1) is 21.6. The zero-order valence-corrected chi connectivity index (χ0v) is 18.1. The van der Waals surface area contributed by atoms with Crippen molar-refractivity contribution in [2.45, 2.75) is 25.5 Å². The Labute approximate surface area is 187 Å². The Morgan fingerprint density at radius 1 is 1.09 bits per heavy atom. The lowest BCUT2D eigenvalue weighted by Crippen LogP contribution is -2.49. The van der Waals surface area contributed by atoms with Gasteiger partial charge >= 0.3 is 0 Å². The third kappa shape index (κ3) is 5.35. The monoisotopic (exact) mass is 433 g/mol. The van der Waals surface area contributed by atoms with Crippen LogP contribution < -0.4 is 4.74 Å². The summed E-state index contributed by atoms with van der Waals surface area (Å²) in [5.41, 5.74) is 1.08. The molecule has 7 heteroatoms. The fraction of sp³-hybridized carbons (Fsp3) is 0.320. The van der Waals surface area contributed by atoms with Crippen molar-refractivity contribution in [2.24, 2.45) is 5.92 Å². The summed E-state index contributed by atoms with van der Waals surface area (Å²) in [4.78, 5) is 29.3. The zero-order chi connectivity index (χ0) is 22.3. The lowest BCUT2D eigenvalue weighted by atomic mass is 9.90. The van der Waals surface area contributed by atoms with Crippen molar-refractivity contribution < 1.29 is 18.8 Å². The highest BCUT2D eigenvalue weighted by atomic mass is 16.5. The van der Waals surface area contributed by atoms with Crippen LogP contribution in [0.1, 0.15) is 29.0 Å². The van der Waals surface area contributed by atoms with Gasteiger partial charge in [-0.05, 0) is 17.7 Å². The predicted octanol–water partition coefficient (Wildman–Crippen LogP) is 3.63. The Bertz CT molecular complexity index is 1010. The number of para-hydroxylation sites is 1. The van der Waals surface area contributed by atoms with E-state index in [1.165, 1.54) is 6.20 Å². The third-order valence-corrected chi connectivity index (χ3v) is 5.76. The fourth-order valence-corrected chi connectivity index (χ4v) is 4.03. The summed E-state index contributed by atoms with van der Waals surface area (Å²) in [6.07, 6.45) is 2.22. The molecule has 7 nitrogen and oxygen atoms in total. The minimum atomic E-state index is -0.212. The van der Waals surface area contributed by atoms with E-state index in [9.17, 15) is 9.59 Å². The van der Waals surface area contributed by atoms with E-state index in [4.69, 9.17) is 9.26 Å². The normalized spacial score (nSPS) is 18.2. The molecular formula is C25H27N3O4. The van der Waals surface area contributed by atoms with Crippen molar-refractivity contribution in [1.29, 1.82) is 0 Å². The van der Waals surface area contributed by atoms with Crippen molar-refractivity contribution in [3.8, 4) is 5.75 Å². The topological polar surface area (TPSA) is 75.9 Å². The summed E-state index contributed by atoms with van der Waals surface area (Å²) in [5.74, 6) is 0.646. The van der Waals surface area contributed by atoms with Gasteiger partial charge in [0, 0.05) is 51.5 Å². The molecule has 1 aliphatic heterocycles. The van der Waals surface area contributed by atoms with Gasteiger partial charge in [-0.2, -0.15) is 0 Å². The van der Waals surface area contributed by atoms with E-state index < -0.39 is 0 Å². The van der Waals surface area contributed by atoms with Gasteiger partial charge < -0.3 is 19.1 Å². The third-order valence-electron chi connectivity index (χ3n) is 5.76. The van der Waals surface area contributed by atoms with Gasteiger partial charge in [-0.1, -0.05) is 53.7 Å². The molecule has 2 aromatic carbocycles. The zero-order valence-electron chi connectivity index (χ0n) is 18.1. The average Bonchev–Trinajstić information content (AvgIpc) is 3.36. The number of hydrogen-bond acceptors (Lipinski definition) is 5. The highest BCUT2D eigenvalue weighted by Gasteiger charge is 2.36. The van der Waals surface area contributed by atoms with E-state index in [1.807, 2.05) is 67.7 Å². The fourth-order valence-electron chi connectivity index (χ4n) is 4.03. The number of aromatic nitrogens is 1. The number of benzene rings is 2. The molecule has 2 amide bonds. The Balaban J connectivity index is 1.46. The van der Waals surface area contributed by atoms with Crippen LogP contribution in [0.25, 0.3) is 0 Å². The largest absolute Gasteiger partial charge is 0.490 e. The molecule has 0 spiro atoms. The number of rotatable bonds is 7. The second-order valence-electron chi connectivity index (χ2n) is 8.09. The number of piperidine rings is 1. The molecule has 166 valence electrons. The SMILES string of the molecule is CN(Cc1ccccc1)C(=O)C[C@H]1CN(C(=O)c2ccno2)CC[C@@H]1Oc1ccccc1. The van der Waals surface area contributed by atoms with Crippen LogP contribution in [0.2, 0.25) is 0 Å². The van der Waals surface area contributed by atoms with Crippen molar-refractivity contribution >= 4 is 11.8 Å². The quantitative estimate of drug-likeness (QED) is 0.569. The van der Waals surface area contributed by atoms with Gasteiger partial charge in [-0.3, -0.25) is 9.59 Å². The van der Waals surface area contributed by atoms with E-state index in [1.54, 1.807) is 15.9 Å². The maximum Gasteiger partial charge on any atom is 0.292 e. The number of ether oxygens (including phenoxy) is 1. The van der Waals surface area contributed by atoms with Gasteiger partial charge in [0.2, 0.25) is 11.7 Å². The van der Waals surface area contributed by atoms with Crippen molar-refractivity contribution in [2.75, 3.05) is 20.1 Å². The smallest absolute Gasteiger partial charge is 0.292 e. The Hall–Kier alpha value is -3.61. The van der Waals surface area contributed by atoms with Crippen LogP contribution in [0.5, 0.6) is 5.75 Å². The molecule has 3 aromatic rings. The Morgan fingerprint density at radius 2 is 1.81 bits per heavy atom. The number of likely N-dealkylation sites (tertiary alicyclic amines) is 1. The molecule has 0 saturated carbocycles. The van der Waals surface area contributed by atoms with Crippen LogP contribution in [0.3, 0.4) is 0 Å². The lowest BCUT2D eigenvalue weighted by Gasteiger charge is -2.38. The van der Waals surface area contributed by atoms with E-state index >= 15 is 0 Å². The number of hydrogen-bond donors (Lipinski definition) is 0. The minimum absolute atomic E-state index is 0.0227. The van der Waals surface area contributed by atoms with Crippen molar-refractivity contribution in [1.82, 2.24) is 15.0 Å².